The van der Waals surface area contributed by atoms with E-state index in [9.17, 15) is 9.90 Å². The summed E-state index contributed by atoms with van der Waals surface area (Å²) in [4.78, 5) is 12.4. The highest BCUT2D eigenvalue weighted by molar-refractivity contribution is 5.75. The summed E-state index contributed by atoms with van der Waals surface area (Å²) in [5, 5.41) is 14.0. The van der Waals surface area contributed by atoms with Crippen molar-refractivity contribution >= 4 is 5.91 Å². The second-order valence-electron chi connectivity index (χ2n) is 8.12. The highest BCUT2D eigenvalue weighted by Gasteiger charge is 2.16. The van der Waals surface area contributed by atoms with E-state index in [1.807, 2.05) is 5.01 Å². The van der Waals surface area contributed by atoms with Gasteiger partial charge in [0.1, 0.15) is 0 Å². The number of carbonyl (C=O) groups is 1. The van der Waals surface area contributed by atoms with Crippen molar-refractivity contribution in [1.82, 2.24) is 10.0 Å². The molecule has 28 heavy (non-hydrogen) atoms. The van der Waals surface area contributed by atoms with E-state index < -0.39 is 0 Å². The van der Waals surface area contributed by atoms with Crippen molar-refractivity contribution in [1.29, 1.82) is 0 Å². The largest absolute Gasteiger partial charge is 0.393 e. The third kappa shape index (κ3) is 14.4. The van der Waals surface area contributed by atoms with Gasteiger partial charge in [-0.25, -0.2) is 5.01 Å². The van der Waals surface area contributed by atoms with Crippen molar-refractivity contribution in [2.75, 3.05) is 19.6 Å². The summed E-state index contributed by atoms with van der Waals surface area (Å²) in [5.74, 6) is 0.277. The van der Waals surface area contributed by atoms with Gasteiger partial charge >= 0.3 is 0 Å². The Hall–Kier alpha value is -0.610. The number of aliphatic hydroxyl groups is 1. The minimum Gasteiger partial charge on any atom is -0.393 e. The molecule has 0 aromatic heterocycles. The molecule has 0 spiro atoms. The van der Waals surface area contributed by atoms with Crippen LogP contribution in [0.3, 0.4) is 0 Å². The number of amides is 1. The lowest BCUT2D eigenvalue weighted by Gasteiger charge is -2.32. The first-order valence-corrected chi connectivity index (χ1v) is 12.3. The first kappa shape index (κ1) is 27.4. The average Bonchev–Trinajstić information content (AvgIpc) is 2.70. The molecule has 0 aliphatic rings. The summed E-state index contributed by atoms with van der Waals surface area (Å²) in [6.45, 7) is 11.1. The van der Waals surface area contributed by atoms with Gasteiger partial charge in [0.15, 0.2) is 0 Å². The Balaban J connectivity index is 3.51. The maximum Gasteiger partial charge on any atom is 0.236 e. The van der Waals surface area contributed by atoms with Crippen molar-refractivity contribution in [3.63, 3.8) is 0 Å². The zero-order chi connectivity index (χ0) is 21.0. The summed E-state index contributed by atoms with van der Waals surface area (Å²) in [6, 6.07) is 0. The van der Waals surface area contributed by atoms with Crippen LogP contribution >= 0.6 is 0 Å². The summed E-state index contributed by atoms with van der Waals surface area (Å²) in [7, 11) is 0. The van der Waals surface area contributed by atoms with E-state index in [-0.39, 0.29) is 12.0 Å². The molecule has 1 N–H and O–H groups in total. The molecule has 4 nitrogen and oxygen atoms in total. The van der Waals surface area contributed by atoms with E-state index in [1.54, 1.807) is 0 Å². The minimum atomic E-state index is -0.0755. The molecule has 1 amide bonds. The Labute approximate surface area is 176 Å². The lowest BCUT2D eigenvalue weighted by molar-refractivity contribution is -0.148. The fourth-order valence-electron chi connectivity index (χ4n) is 3.90. The fraction of sp³-hybridized carbons (Fsp3) is 0.958. The molecule has 1 atom stereocenters. The van der Waals surface area contributed by atoms with Gasteiger partial charge in [-0.15, -0.1) is 0 Å². The molecule has 0 aromatic rings. The van der Waals surface area contributed by atoms with Crippen LogP contribution in [0.4, 0.5) is 0 Å². The SMILES string of the molecule is CCCCCCC(O)CCCCCCCCCCC(=O)N(CC)N(CC)CC. The Morgan fingerprint density at radius 3 is 1.61 bits per heavy atom. The number of hydrazine groups is 1. The van der Waals surface area contributed by atoms with Crippen LogP contribution in [0.15, 0.2) is 0 Å². The standard InChI is InChI=1S/C24H50N2O2/c1-5-9-10-17-20-23(27)21-18-15-13-11-12-14-16-19-22-24(28)26(8-4)25(6-2)7-3/h23,27H,5-22H2,1-4H3. The van der Waals surface area contributed by atoms with Crippen molar-refractivity contribution in [3.8, 4) is 0 Å². The van der Waals surface area contributed by atoms with Gasteiger partial charge in [0.25, 0.3) is 0 Å². The van der Waals surface area contributed by atoms with Crippen molar-refractivity contribution in [2.24, 2.45) is 0 Å². The molecule has 0 saturated carbocycles. The number of hydrogen-bond donors (Lipinski definition) is 1. The number of hydrogen-bond acceptors (Lipinski definition) is 3. The van der Waals surface area contributed by atoms with Gasteiger partial charge in [-0.3, -0.25) is 9.80 Å². The number of unbranched alkanes of at least 4 members (excludes halogenated alkanes) is 10. The van der Waals surface area contributed by atoms with Gasteiger partial charge in [0, 0.05) is 26.1 Å². The number of rotatable bonds is 20. The Morgan fingerprint density at radius 2 is 1.14 bits per heavy atom. The van der Waals surface area contributed by atoms with Crippen molar-refractivity contribution in [2.45, 2.75) is 130 Å². The third-order valence-corrected chi connectivity index (χ3v) is 5.73. The van der Waals surface area contributed by atoms with E-state index in [2.05, 4.69) is 32.7 Å². The van der Waals surface area contributed by atoms with Crippen LogP contribution in [0.1, 0.15) is 124 Å². The predicted octanol–water partition coefficient (Wildman–Crippen LogP) is 6.32. The van der Waals surface area contributed by atoms with Crippen LogP contribution in [-0.4, -0.2) is 46.8 Å². The van der Waals surface area contributed by atoms with E-state index >= 15 is 0 Å². The van der Waals surface area contributed by atoms with Crippen LogP contribution in [-0.2, 0) is 4.79 Å². The predicted molar refractivity (Wildman–Crippen MR) is 121 cm³/mol. The summed E-state index contributed by atoms with van der Waals surface area (Å²) < 4.78 is 0. The van der Waals surface area contributed by atoms with Crippen molar-refractivity contribution < 1.29 is 9.90 Å². The monoisotopic (exact) mass is 398 g/mol. The van der Waals surface area contributed by atoms with E-state index in [1.165, 1.54) is 64.2 Å². The fourth-order valence-corrected chi connectivity index (χ4v) is 3.90. The van der Waals surface area contributed by atoms with Gasteiger partial charge in [-0.2, -0.15) is 0 Å². The van der Waals surface area contributed by atoms with Gasteiger partial charge < -0.3 is 5.11 Å². The molecule has 0 rings (SSSR count). The molecule has 0 bridgehead atoms. The molecule has 0 saturated heterocycles. The molecule has 1 unspecified atom stereocenters. The van der Waals surface area contributed by atoms with Crippen LogP contribution in [0.25, 0.3) is 0 Å². The molecule has 0 aliphatic carbocycles. The smallest absolute Gasteiger partial charge is 0.236 e. The molecular weight excluding hydrogens is 348 g/mol. The zero-order valence-corrected chi connectivity index (χ0v) is 19.6. The van der Waals surface area contributed by atoms with Gasteiger partial charge in [0.2, 0.25) is 5.91 Å². The Bertz CT molecular complexity index is 345. The highest BCUT2D eigenvalue weighted by atomic mass is 16.3. The molecular formula is C24H50N2O2. The Kier molecular flexibility index (Phi) is 19.3. The highest BCUT2D eigenvalue weighted by Crippen LogP contribution is 2.14. The van der Waals surface area contributed by atoms with Crippen LogP contribution < -0.4 is 0 Å². The van der Waals surface area contributed by atoms with E-state index in [0.29, 0.717) is 6.42 Å². The number of aliphatic hydroxyl groups excluding tert-OH is 1. The maximum absolute atomic E-state index is 12.4. The molecule has 0 fully saturated rings. The summed E-state index contributed by atoms with van der Waals surface area (Å²) in [5.41, 5.74) is 0. The lowest BCUT2D eigenvalue weighted by Crippen LogP contribution is -2.46. The van der Waals surface area contributed by atoms with Crippen LogP contribution in [0, 0.1) is 0 Å². The van der Waals surface area contributed by atoms with Crippen LogP contribution in [0.5, 0.6) is 0 Å². The Morgan fingerprint density at radius 1 is 0.679 bits per heavy atom. The van der Waals surface area contributed by atoms with Gasteiger partial charge in [-0.05, 0) is 26.2 Å². The van der Waals surface area contributed by atoms with Crippen LogP contribution in [0.2, 0.25) is 0 Å². The molecule has 0 radical (unpaired) electrons. The zero-order valence-electron chi connectivity index (χ0n) is 19.6. The minimum absolute atomic E-state index is 0.0755. The quantitative estimate of drug-likeness (QED) is 0.193. The topological polar surface area (TPSA) is 43.8 Å². The van der Waals surface area contributed by atoms with Gasteiger partial charge in [-0.1, -0.05) is 91.4 Å². The molecule has 0 heterocycles. The first-order valence-electron chi connectivity index (χ1n) is 12.3. The van der Waals surface area contributed by atoms with E-state index in [4.69, 9.17) is 0 Å². The summed E-state index contributed by atoms with van der Waals surface area (Å²) in [6.07, 6.45) is 17.3. The van der Waals surface area contributed by atoms with Crippen molar-refractivity contribution in [3.05, 3.63) is 0 Å². The number of carbonyl (C=O) groups excluding carboxylic acids is 1. The maximum atomic E-state index is 12.4. The number of nitrogens with zero attached hydrogens (tertiary/aromatic N) is 2. The lowest BCUT2D eigenvalue weighted by atomic mass is 10.0. The molecule has 4 heteroatoms. The molecule has 0 aliphatic heterocycles. The molecule has 0 aromatic carbocycles. The summed E-state index contributed by atoms with van der Waals surface area (Å²) >= 11 is 0. The third-order valence-electron chi connectivity index (χ3n) is 5.73. The first-order chi connectivity index (χ1) is 13.6. The van der Waals surface area contributed by atoms with Gasteiger partial charge in [0.05, 0.1) is 6.10 Å². The second kappa shape index (κ2) is 19.7. The normalized spacial score (nSPS) is 12.5. The van der Waals surface area contributed by atoms with E-state index in [0.717, 1.165) is 45.3 Å². The second-order valence-corrected chi connectivity index (χ2v) is 8.12. The average molecular weight is 399 g/mol. The molecule has 168 valence electrons.